The van der Waals surface area contributed by atoms with Gasteiger partial charge in [-0.25, -0.2) is 4.85 Å². The number of rotatable bonds is 6. The number of nitrogens with zero attached hydrogens (tertiary/aromatic N) is 6. The molecule has 0 bridgehead atoms. The number of hydrogen-bond acceptors (Lipinski definition) is 3. The molecule has 6 aromatic heterocycles. The molecule has 8 heteroatoms. The number of fused-ring (bicyclic) bond motifs is 20. The summed E-state index contributed by atoms with van der Waals surface area (Å²) >= 11 is 0. The Balaban J connectivity index is 1.12. The third kappa shape index (κ3) is 6.44. The summed E-state index contributed by atoms with van der Waals surface area (Å²) < 4.78 is 23.5. The standard InChI is InChI=1S/C80H44N6O2/c1-82-72-73(85-68-42-36-49(47-20-4-2-5-21-47)44-61(68)57-38-40-59-55-28-12-18-34-70(55)87-79(59)75(57)85)63(46-81)74(83-64-30-14-8-24-51(64)52-25-9-15-31-65(52)83)78(77(72)84-66-32-16-10-26-53(66)54-27-11-17-33-67(54)84)86-69-43-37-50(48-22-6-3-7-23-48)45-62(69)58-39-41-60-56-29-13-19-35-71(56)88-80(60)76(58)86/h2-45H. The zero-order valence-corrected chi connectivity index (χ0v) is 46.9. The van der Waals surface area contributed by atoms with Gasteiger partial charge in [-0.1, -0.05) is 194 Å². The normalized spacial score (nSPS) is 12.1. The lowest BCUT2D eigenvalue weighted by Gasteiger charge is -2.27. The molecule has 0 unspecified atom stereocenters. The Bertz CT molecular complexity index is 6070. The van der Waals surface area contributed by atoms with Crippen LogP contribution in [0.15, 0.2) is 276 Å². The maximum atomic E-state index is 13.0. The van der Waals surface area contributed by atoms with Crippen molar-refractivity contribution in [1.82, 2.24) is 18.3 Å². The Labute approximate surface area is 501 Å². The molecule has 88 heavy (non-hydrogen) atoms. The van der Waals surface area contributed by atoms with Gasteiger partial charge in [0.25, 0.3) is 0 Å². The minimum absolute atomic E-state index is 0.273. The van der Waals surface area contributed by atoms with Gasteiger partial charge in [0.15, 0.2) is 11.2 Å². The van der Waals surface area contributed by atoms with E-state index in [-0.39, 0.29) is 5.69 Å². The van der Waals surface area contributed by atoms with Gasteiger partial charge in [-0.15, -0.1) is 0 Å². The van der Waals surface area contributed by atoms with Crippen molar-refractivity contribution in [2.24, 2.45) is 0 Å². The van der Waals surface area contributed by atoms with Crippen LogP contribution in [-0.2, 0) is 0 Å². The van der Waals surface area contributed by atoms with Crippen LogP contribution in [0.2, 0.25) is 0 Å². The summed E-state index contributed by atoms with van der Waals surface area (Å²) in [5, 5.41) is 24.7. The number of aromatic nitrogens is 4. The van der Waals surface area contributed by atoms with E-state index < -0.39 is 0 Å². The summed E-state index contributed by atoms with van der Waals surface area (Å²) in [4.78, 5) is 4.92. The molecule has 8 nitrogen and oxygen atoms in total. The maximum absolute atomic E-state index is 13.0. The van der Waals surface area contributed by atoms with Gasteiger partial charge in [0, 0.05) is 64.6 Å². The van der Waals surface area contributed by atoms with Gasteiger partial charge >= 0.3 is 0 Å². The lowest BCUT2D eigenvalue weighted by atomic mass is 10.0. The van der Waals surface area contributed by atoms with Gasteiger partial charge in [-0.2, -0.15) is 5.26 Å². The minimum Gasteiger partial charge on any atom is -0.454 e. The van der Waals surface area contributed by atoms with Crippen molar-refractivity contribution in [1.29, 1.82) is 5.26 Å². The highest BCUT2D eigenvalue weighted by Gasteiger charge is 2.36. The van der Waals surface area contributed by atoms with Crippen LogP contribution >= 0.6 is 0 Å². The predicted molar refractivity (Wildman–Crippen MR) is 360 cm³/mol. The fourth-order valence-electron chi connectivity index (χ4n) is 14.7. The Kier molecular flexibility index (Phi) is 9.87. The van der Waals surface area contributed by atoms with E-state index >= 15 is 0 Å². The second kappa shape index (κ2) is 18.1. The molecule has 406 valence electrons. The molecule has 0 aliphatic rings. The molecule has 19 aromatic rings. The van der Waals surface area contributed by atoms with Crippen LogP contribution in [0.5, 0.6) is 0 Å². The molecule has 6 heterocycles. The summed E-state index contributed by atoms with van der Waals surface area (Å²) in [5.41, 5.74) is 16.7. The average molecular weight is 1120 g/mol. The van der Waals surface area contributed by atoms with Gasteiger partial charge in [0.2, 0.25) is 5.69 Å². The highest BCUT2D eigenvalue weighted by molar-refractivity contribution is 6.25. The van der Waals surface area contributed by atoms with Crippen molar-refractivity contribution >= 4 is 137 Å². The van der Waals surface area contributed by atoms with E-state index in [4.69, 9.17) is 13.7 Å². The summed E-state index contributed by atoms with van der Waals surface area (Å²) in [5.74, 6) is 0. The number of hydrogen-bond donors (Lipinski definition) is 0. The van der Waals surface area contributed by atoms with E-state index in [1.54, 1.807) is 0 Å². The monoisotopic (exact) mass is 1120 g/mol. The zero-order chi connectivity index (χ0) is 57.9. The first kappa shape index (κ1) is 48.1. The van der Waals surface area contributed by atoms with Crippen molar-refractivity contribution in [2.75, 3.05) is 0 Å². The third-order valence-corrected chi connectivity index (χ3v) is 18.4. The van der Waals surface area contributed by atoms with Gasteiger partial charge in [-0.3, -0.25) is 0 Å². The SMILES string of the molecule is [C-]#[N+]c1c(-n2c3ccccc3c3ccccc32)c(-n2c3ccc(-c4ccccc4)cc3c3ccc4c5ccccc5oc4c32)c(-n2c3ccccc3c3ccccc32)c(C#N)c1-n1c2ccc(-c3ccccc3)cc2c2ccc3c4ccccc4oc3c21. The lowest BCUT2D eigenvalue weighted by molar-refractivity contribution is 0.670. The molecule has 0 fully saturated rings. The highest BCUT2D eigenvalue weighted by Crippen LogP contribution is 2.54. The molecule has 0 saturated heterocycles. The van der Waals surface area contributed by atoms with Crippen LogP contribution < -0.4 is 0 Å². The van der Waals surface area contributed by atoms with E-state index in [0.717, 1.165) is 142 Å². The second-order valence-electron chi connectivity index (χ2n) is 22.8. The number of furan rings is 2. The van der Waals surface area contributed by atoms with Crippen LogP contribution in [0.1, 0.15) is 5.56 Å². The Morgan fingerprint density at radius 3 is 1.09 bits per heavy atom. The summed E-state index contributed by atoms with van der Waals surface area (Å²) in [6.07, 6.45) is 0. The van der Waals surface area contributed by atoms with E-state index in [9.17, 15) is 11.8 Å². The summed E-state index contributed by atoms with van der Waals surface area (Å²) in [6.45, 7) is 10.1. The van der Waals surface area contributed by atoms with Crippen LogP contribution in [0.3, 0.4) is 0 Å². The Morgan fingerprint density at radius 1 is 0.295 bits per heavy atom. The molecule has 0 radical (unpaired) electrons. The van der Waals surface area contributed by atoms with Crippen molar-refractivity contribution in [3.8, 4) is 51.1 Å². The average Bonchev–Trinajstić information content (AvgIpc) is 1.48. The molecule has 0 spiro atoms. The highest BCUT2D eigenvalue weighted by atomic mass is 16.3. The van der Waals surface area contributed by atoms with Crippen LogP contribution in [0, 0.1) is 17.9 Å². The van der Waals surface area contributed by atoms with E-state index in [2.05, 4.69) is 249 Å². The number of para-hydroxylation sites is 6. The van der Waals surface area contributed by atoms with Crippen molar-refractivity contribution in [3.05, 3.63) is 284 Å². The van der Waals surface area contributed by atoms with Crippen LogP contribution in [0.4, 0.5) is 5.69 Å². The van der Waals surface area contributed by atoms with Crippen molar-refractivity contribution in [2.45, 2.75) is 0 Å². The second-order valence-corrected chi connectivity index (χ2v) is 22.8. The molecule has 0 amide bonds. The number of benzene rings is 13. The largest absolute Gasteiger partial charge is 0.454 e. The van der Waals surface area contributed by atoms with Crippen molar-refractivity contribution < 1.29 is 8.83 Å². The third-order valence-electron chi connectivity index (χ3n) is 18.4. The molecule has 0 aliphatic heterocycles. The first-order valence-corrected chi connectivity index (χ1v) is 29.5. The zero-order valence-electron chi connectivity index (χ0n) is 46.9. The molecular formula is C80H44N6O2. The molecular weight excluding hydrogens is 1080 g/mol. The fourth-order valence-corrected chi connectivity index (χ4v) is 14.7. The molecule has 0 N–H and O–H groups in total. The maximum Gasteiger partial charge on any atom is 0.237 e. The smallest absolute Gasteiger partial charge is 0.237 e. The molecule has 13 aromatic carbocycles. The molecule has 0 aliphatic carbocycles. The summed E-state index contributed by atoms with van der Waals surface area (Å²) in [7, 11) is 0. The van der Waals surface area contributed by atoms with Gasteiger partial charge < -0.3 is 27.1 Å². The quantitative estimate of drug-likeness (QED) is 0.156. The first-order valence-electron chi connectivity index (χ1n) is 29.5. The van der Waals surface area contributed by atoms with E-state index in [1.807, 2.05) is 42.5 Å². The first-order chi connectivity index (χ1) is 43.6. The predicted octanol–water partition coefficient (Wildman–Crippen LogP) is 21.6. The molecule has 19 rings (SSSR count). The molecule has 0 atom stereocenters. The van der Waals surface area contributed by atoms with E-state index in [0.29, 0.717) is 39.5 Å². The minimum atomic E-state index is 0.273. The summed E-state index contributed by atoms with van der Waals surface area (Å²) in [6, 6.07) is 96.2. The van der Waals surface area contributed by atoms with Gasteiger partial charge in [-0.05, 0) is 95.1 Å². The topological polar surface area (TPSA) is 74.2 Å². The van der Waals surface area contributed by atoms with Crippen molar-refractivity contribution in [3.63, 3.8) is 0 Å². The molecule has 0 saturated carbocycles. The van der Waals surface area contributed by atoms with Crippen LogP contribution in [0.25, 0.3) is 181 Å². The fraction of sp³-hybridized carbons (Fsp3) is 0. The van der Waals surface area contributed by atoms with Gasteiger partial charge in [0.1, 0.15) is 17.2 Å². The van der Waals surface area contributed by atoms with E-state index in [1.165, 1.54) is 0 Å². The Hall–Kier alpha value is -12.4. The van der Waals surface area contributed by atoms with Crippen LogP contribution in [-0.4, -0.2) is 18.3 Å². The lowest BCUT2D eigenvalue weighted by Crippen LogP contribution is -2.14. The number of nitriles is 1. The Morgan fingerprint density at radius 2 is 0.659 bits per heavy atom. The van der Waals surface area contributed by atoms with Gasteiger partial charge in [0.05, 0.1) is 79.0 Å².